The van der Waals surface area contributed by atoms with E-state index >= 15 is 0 Å². The first-order chi connectivity index (χ1) is 13.5. The molecule has 0 saturated heterocycles. The molecule has 1 aromatic heterocycles. The number of anilines is 1. The van der Waals surface area contributed by atoms with Crippen LogP contribution in [0, 0.1) is 5.82 Å². The van der Waals surface area contributed by atoms with Crippen LogP contribution in [0.4, 0.5) is 9.52 Å². The van der Waals surface area contributed by atoms with Crippen molar-refractivity contribution in [3.63, 3.8) is 0 Å². The predicted octanol–water partition coefficient (Wildman–Crippen LogP) is 4.08. The Morgan fingerprint density at radius 3 is 2.64 bits per heavy atom. The number of carbonyl (C=O) groups is 2. The van der Waals surface area contributed by atoms with E-state index in [2.05, 4.69) is 15.6 Å². The summed E-state index contributed by atoms with van der Waals surface area (Å²) in [5.74, 6) is -0.719. The van der Waals surface area contributed by atoms with Crippen molar-refractivity contribution in [3.05, 3.63) is 82.6 Å². The smallest absolute Gasteiger partial charge is 0.228 e. The van der Waals surface area contributed by atoms with Crippen molar-refractivity contribution in [1.82, 2.24) is 10.3 Å². The van der Waals surface area contributed by atoms with Gasteiger partial charge in [0.25, 0.3) is 0 Å². The minimum atomic E-state index is -0.412. The molecule has 2 N–H and O–H groups in total. The Balaban J connectivity index is 1.62. The summed E-state index contributed by atoms with van der Waals surface area (Å²) in [4.78, 5) is 29.1. The molecule has 28 heavy (non-hydrogen) atoms. The zero-order valence-electron chi connectivity index (χ0n) is 15.3. The lowest BCUT2D eigenvalue weighted by Gasteiger charge is -2.17. The van der Waals surface area contributed by atoms with Gasteiger partial charge in [-0.2, -0.15) is 0 Å². The van der Waals surface area contributed by atoms with E-state index in [1.54, 1.807) is 12.3 Å². The number of thiazole rings is 1. The van der Waals surface area contributed by atoms with Crippen molar-refractivity contribution >= 4 is 28.3 Å². The molecule has 144 valence electrons. The first kappa shape index (κ1) is 19.7. The lowest BCUT2D eigenvalue weighted by molar-refractivity contribution is -0.120. The molecule has 2 amide bonds. The molecule has 0 spiro atoms. The summed E-state index contributed by atoms with van der Waals surface area (Å²) in [6.45, 7) is 1.42. The van der Waals surface area contributed by atoms with Gasteiger partial charge < -0.3 is 10.6 Å². The number of amides is 2. The van der Waals surface area contributed by atoms with Gasteiger partial charge in [0.2, 0.25) is 11.8 Å². The van der Waals surface area contributed by atoms with Crippen LogP contribution in [-0.2, 0) is 16.0 Å². The fourth-order valence-electron chi connectivity index (χ4n) is 2.83. The van der Waals surface area contributed by atoms with Gasteiger partial charge in [-0.3, -0.25) is 9.59 Å². The quantitative estimate of drug-likeness (QED) is 0.631. The predicted molar refractivity (Wildman–Crippen MR) is 108 cm³/mol. The molecule has 0 bridgehead atoms. The molecule has 0 saturated carbocycles. The number of nitrogens with zero attached hydrogens (tertiary/aromatic N) is 1. The normalized spacial score (nSPS) is 11.6. The van der Waals surface area contributed by atoms with E-state index in [1.807, 2.05) is 36.4 Å². The van der Waals surface area contributed by atoms with Crippen LogP contribution in [0.15, 0.2) is 60.8 Å². The molecule has 0 aliphatic carbocycles. The third-order valence-corrected chi connectivity index (χ3v) is 4.95. The van der Waals surface area contributed by atoms with E-state index in [-0.39, 0.29) is 24.1 Å². The standard InChI is InChI=1S/C21H20FN3O2S/c1-14(26)24-19(16-7-3-2-4-8-16)12-20(27)25-21-23-13-18(28-21)11-15-6-5-9-17(22)10-15/h2-10,13,19H,11-12H2,1H3,(H,24,26)(H,23,25,27). The van der Waals surface area contributed by atoms with Crippen LogP contribution in [0.5, 0.6) is 0 Å². The number of halogens is 1. The van der Waals surface area contributed by atoms with Gasteiger partial charge in [0.15, 0.2) is 5.13 Å². The van der Waals surface area contributed by atoms with Crippen molar-refractivity contribution in [2.75, 3.05) is 5.32 Å². The molecule has 7 heteroatoms. The van der Waals surface area contributed by atoms with Gasteiger partial charge in [-0.25, -0.2) is 9.37 Å². The second-order valence-corrected chi connectivity index (χ2v) is 7.47. The molecule has 3 rings (SSSR count). The maximum absolute atomic E-state index is 13.3. The van der Waals surface area contributed by atoms with Crippen molar-refractivity contribution in [1.29, 1.82) is 0 Å². The van der Waals surface area contributed by atoms with Crippen LogP contribution < -0.4 is 10.6 Å². The van der Waals surface area contributed by atoms with Gasteiger partial charge in [-0.15, -0.1) is 11.3 Å². The summed E-state index contributed by atoms with van der Waals surface area (Å²) in [7, 11) is 0. The number of carbonyl (C=O) groups excluding carboxylic acids is 2. The summed E-state index contributed by atoms with van der Waals surface area (Å²) >= 11 is 1.35. The fourth-order valence-corrected chi connectivity index (χ4v) is 3.70. The van der Waals surface area contributed by atoms with Gasteiger partial charge in [0, 0.05) is 24.4 Å². The zero-order valence-corrected chi connectivity index (χ0v) is 16.1. The van der Waals surface area contributed by atoms with E-state index in [9.17, 15) is 14.0 Å². The van der Waals surface area contributed by atoms with Crippen LogP contribution in [0.2, 0.25) is 0 Å². The van der Waals surface area contributed by atoms with Crippen LogP contribution in [-0.4, -0.2) is 16.8 Å². The van der Waals surface area contributed by atoms with E-state index in [1.165, 1.54) is 30.4 Å². The monoisotopic (exact) mass is 397 g/mol. The van der Waals surface area contributed by atoms with Gasteiger partial charge >= 0.3 is 0 Å². The number of hydrogen-bond donors (Lipinski definition) is 2. The average molecular weight is 397 g/mol. The summed E-state index contributed by atoms with van der Waals surface area (Å²) in [5, 5.41) is 6.06. The van der Waals surface area contributed by atoms with Gasteiger partial charge in [0.05, 0.1) is 12.5 Å². The number of rotatable bonds is 7. The summed E-state index contributed by atoms with van der Waals surface area (Å²) in [5.41, 5.74) is 1.70. The summed E-state index contributed by atoms with van der Waals surface area (Å²) in [6.07, 6.45) is 2.32. The Kier molecular flexibility index (Phi) is 6.49. The van der Waals surface area contributed by atoms with E-state index in [0.717, 1.165) is 16.0 Å². The Hall–Kier alpha value is -3.06. The lowest BCUT2D eigenvalue weighted by atomic mass is 10.0. The molecular weight excluding hydrogens is 377 g/mol. The van der Waals surface area contributed by atoms with Crippen LogP contribution in [0.3, 0.4) is 0 Å². The second kappa shape index (κ2) is 9.23. The summed E-state index contributed by atoms with van der Waals surface area (Å²) in [6, 6.07) is 15.3. The molecule has 3 aromatic rings. The van der Waals surface area contributed by atoms with Crippen LogP contribution in [0.1, 0.15) is 35.4 Å². The number of benzene rings is 2. The fraction of sp³-hybridized carbons (Fsp3) is 0.190. The molecule has 1 heterocycles. The number of hydrogen-bond acceptors (Lipinski definition) is 4. The largest absolute Gasteiger partial charge is 0.349 e. The molecule has 0 radical (unpaired) electrons. The Morgan fingerprint density at radius 1 is 1.14 bits per heavy atom. The summed E-state index contributed by atoms with van der Waals surface area (Å²) < 4.78 is 13.3. The first-order valence-electron chi connectivity index (χ1n) is 8.80. The highest BCUT2D eigenvalue weighted by Gasteiger charge is 2.18. The molecule has 0 aliphatic rings. The van der Waals surface area contributed by atoms with Gasteiger partial charge in [-0.1, -0.05) is 42.5 Å². The maximum atomic E-state index is 13.3. The van der Waals surface area contributed by atoms with Crippen molar-refractivity contribution in [2.24, 2.45) is 0 Å². The maximum Gasteiger partial charge on any atom is 0.228 e. The molecule has 0 aliphatic heterocycles. The van der Waals surface area contributed by atoms with Crippen molar-refractivity contribution in [2.45, 2.75) is 25.8 Å². The highest BCUT2D eigenvalue weighted by molar-refractivity contribution is 7.15. The Labute approximate surface area is 166 Å². The molecule has 2 aromatic carbocycles. The van der Waals surface area contributed by atoms with Gasteiger partial charge in [-0.05, 0) is 23.3 Å². The average Bonchev–Trinajstić information content (AvgIpc) is 3.08. The van der Waals surface area contributed by atoms with Crippen LogP contribution in [0.25, 0.3) is 0 Å². The Morgan fingerprint density at radius 2 is 1.93 bits per heavy atom. The van der Waals surface area contributed by atoms with Crippen molar-refractivity contribution < 1.29 is 14.0 Å². The zero-order chi connectivity index (χ0) is 19.9. The van der Waals surface area contributed by atoms with E-state index in [4.69, 9.17) is 0 Å². The van der Waals surface area contributed by atoms with Crippen molar-refractivity contribution in [3.8, 4) is 0 Å². The highest BCUT2D eigenvalue weighted by Crippen LogP contribution is 2.23. The molecule has 1 atom stereocenters. The lowest BCUT2D eigenvalue weighted by Crippen LogP contribution is -2.29. The van der Waals surface area contributed by atoms with E-state index in [0.29, 0.717) is 11.6 Å². The topological polar surface area (TPSA) is 71.1 Å². The molecular formula is C21H20FN3O2S. The second-order valence-electron chi connectivity index (χ2n) is 6.35. The SMILES string of the molecule is CC(=O)NC(CC(=O)Nc1ncc(Cc2cccc(F)c2)s1)c1ccccc1. The third kappa shape index (κ3) is 5.72. The Bertz CT molecular complexity index is 959. The van der Waals surface area contributed by atoms with Gasteiger partial charge in [0.1, 0.15) is 5.82 Å². The number of aromatic nitrogens is 1. The third-order valence-electron chi connectivity index (χ3n) is 4.04. The minimum Gasteiger partial charge on any atom is -0.349 e. The molecule has 1 unspecified atom stereocenters. The number of nitrogens with one attached hydrogen (secondary N) is 2. The highest BCUT2D eigenvalue weighted by atomic mass is 32.1. The molecule has 5 nitrogen and oxygen atoms in total. The minimum absolute atomic E-state index is 0.0996. The van der Waals surface area contributed by atoms with E-state index < -0.39 is 6.04 Å². The molecule has 0 fully saturated rings. The first-order valence-corrected chi connectivity index (χ1v) is 9.62. The van der Waals surface area contributed by atoms with Crippen LogP contribution >= 0.6 is 11.3 Å².